The van der Waals surface area contributed by atoms with Gasteiger partial charge in [-0.1, -0.05) is 18.2 Å². The van der Waals surface area contributed by atoms with E-state index < -0.39 is 0 Å². The van der Waals surface area contributed by atoms with Gasteiger partial charge in [-0.2, -0.15) is 0 Å². The topological polar surface area (TPSA) is 0 Å². The van der Waals surface area contributed by atoms with E-state index in [1.807, 2.05) is 6.08 Å². The summed E-state index contributed by atoms with van der Waals surface area (Å²) in [4.78, 5) is 1.23. The van der Waals surface area contributed by atoms with Gasteiger partial charge in [0.05, 0.1) is 0 Å². The number of halogens is 1. The first kappa shape index (κ1) is 10.7. The van der Waals surface area contributed by atoms with Crippen molar-refractivity contribution in [2.75, 3.05) is 0 Å². The Morgan fingerprint density at radius 2 is 1.76 bits per heavy atom. The van der Waals surface area contributed by atoms with Gasteiger partial charge in [0.1, 0.15) is 5.82 Å². The SMILES string of the molecule is Fc1ccc(/C=C/c2cc3sccc3s2)cc1. The molecule has 0 nitrogen and oxygen atoms in total. The minimum atomic E-state index is -0.196. The van der Waals surface area contributed by atoms with E-state index in [4.69, 9.17) is 0 Å². The molecule has 0 N–H and O–H groups in total. The van der Waals surface area contributed by atoms with Gasteiger partial charge in [-0.15, -0.1) is 22.7 Å². The van der Waals surface area contributed by atoms with Crippen molar-refractivity contribution < 1.29 is 4.39 Å². The second-order valence-electron chi connectivity index (χ2n) is 3.68. The molecule has 0 aliphatic heterocycles. The predicted molar refractivity (Wildman–Crippen MR) is 75.0 cm³/mol. The first-order valence-electron chi connectivity index (χ1n) is 5.22. The highest BCUT2D eigenvalue weighted by Crippen LogP contribution is 2.30. The molecule has 0 saturated carbocycles. The molecule has 0 unspecified atom stereocenters. The molecule has 0 radical (unpaired) electrons. The van der Waals surface area contributed by atoms with Crippen molar-refractivity contribution in [3.05, 3.63) is 58.0 Å². The molecule has 1 aromatic carbocycles. The lowest BCUT2D eigenvalue weighted by Crippen LogP contribution is -1.73. The molecule has 3 rings (SSSR count). The van der Waals surface area contributed by atoms with Crippen LogP contribution in [-0.4, -0.2) is 0 Å². The molecule has 0 atom stereocenters. The van der Waals surface area contributed by atoms with E-state index in [-0.39, 0.29) is 5.82 Å². The summed E-state index contributed by atoms with van der Waals surface area (Å²) in [6.45, 7) is 0. The molecule has 0 aliphatic rings. The Bertz CT molecular complexity index is 630. The summed E-state index contributed by atoms with van der Waals surface area (Å²) in [5, 5.41) is 2.11. The molecule has 2 heterocycles. The second kappa shape index (κ2) is 4.43. The van der Waals surface area contributed by atoms with Crippen LogP contribution >= 0.6 is 22.7 Å². The standard InChI is InChI=1S/C14H9FS2/c15-11-4-1-10(2-5-11)3-6-12-9-14-13(17-12)7-8-16-14/h1-9H/b6-3+. The van der Waals surface area contributed by atoms with Crippen LogP contribution in [0.1, 0.15) is 10.4 Å². The monoisotopic (exact) mass is 260 g/mol. The largest absolute Gasteiger partial charge is 0.207 e. The first-order chi connectivity index (χ1) is 8.31. The molecule has 0 bridgehead atoms. The van der Waals surface area contributed by atoms with Crippen LogP contribution in [0, 0.1) is 5.82 Å². The van der Waals surface area contributed by atoms with Gasteiger partial charge >= 0.3 is 0 Å². The average molecular weight is 260 g/mol. The minimum Gasteiger partial charge on any atom is -0.207 e. The lowest BCUT2D eigenvalue weighted by atomic mass is 10.2. The predicted octanol–water partition coefficient (Wildman–Crippen LogP) is 5.27. The summed E-state index contributed by atoms with van der Waals surface area (Å²) in [7, 11) is 0. The van der Waals surface area contributed by atoms with Crippen molar-refractivity contribution in [2.45, 2.75) is 0 Å². The van der Waals surface area contributed by atoms with E-state index in [0.29, 0.717) is 0 Å². The van der Waals surface area contributed by atoms with E-state index in [1.54, 1.807) is 34.8 Å². The van der Waals surface area contributed by atoms with E-state index in [9.17, 15) is 4.39 Å². The Balaban J connectivity index is 1.86. The van der Waals surface area contributed by atoms with Crippen LogP contribution in [0.3, 0.4) is 0 Å². The summed E-state index contributed by atoms with van der Waals surface area (Å²) in [6.07, 6.45) is 4.08. The van der Waals surface area contributed by atoms with Crippen molar-refractivity contribution in [3.8, 4) is 0 Å². The fourth-order valence-corrected chi connectivity index (χ4v) is 3.64. The molecule has 84 valence electrons. The van der Waals surface area contributed by atoms with Crippen molar-refractivity contribution in [1.82, 2.24) is 0 Å². The zero-order valence-corrected chi connectivity index (χ0v) is 10.5. The molecule has 2 aromatic heterocycles. The molecule has 0 fully saturated rings. The minimum absolute atomic E-state index is 0.196. The van der Waals surface area contributed by atoms with Gasteiger partial charge < -0.3 is 0 Å². The van der Waals surface area contributed by atoms with E-state index >= 15 is 0 Å². The molecule has 3 heteroatoms. The summed E-state index contributed by atoms with van der Waals surface area (Å²) < 4.78 is 15.4. The highest BCUT2D eigenvalue weighted by Gasteiger charge is 1.99. The van der Waals surface area contributed by atoms with Gasteiger partial charge in [0, 0.05) is 14.3 Å². The van der Waals surface area contributed by atoms with Gasteiger partial charge in [-0.05, 0) is 41.3 Å². The quantitative estimate of drug-likeness (QED) is 0.588. The van der Waals surface area contributed by atoms with Gasteiger partial charge in [0.2, 0.25) is 0 Å². The van der Waals surface area contributed by atoms with Gasteiger partial charge in [0.25, 0.3) is 0 Å². The second-order valence-corrected chi connectivity index (χ2v) is 5.75. The third-order valence-corrected chi connectivity index (χ3v) is 4.53. The van der Waals surface area contributed by atoms with Crippen molar-refractivity contribution in [2.24, 2.45) is 0 Å². The van der Waals surface area contributed by atoms with Crippen LogP contribution in [0.15, 0.2) is 41.8 Å². The van der Waals surface area contributed by atoms with Gasteiger partial charge in [-0.25, -0.2) is 4.39 Å². The number of fused-ring (bicyclic) bond motifs is 1. The highest BCUT2D eigenvalue weighted by atomic mass is 32.1. The summed E-state index contributed by atoms with van der Waals surface area (Å²) in [5.74, 6) is -0.196. The van der Waals surface area contributed by atoms with E-state index in [0.717, 1.165) is 5.56 Å². The van der Waals surface area contributed by atoms with Crippen molar-refractivity contribution >= 4 is 44.2 Å². The van der Waals surface area contributed by atoms with Crippen LogP contribution in [0.5, 0.6) is 0 Å². The zero-order valence-electron chi connectivity index (χ0n) is 8.89. The summed E-state index contributed by atoms with van der Waals surface area (Å²) >= 11 is 3.53. The summed E-state index contributed by atoms with van der Waals surface area (Å²) in [5.41, 5.74) is 1.02. The maximum absolute atomic E-state index is 12.7. The van der Waals surface area contributed by atoms with Crippen LogP contribution in [-0.2, 0) is 0 Å². The Morgan fingerprint density at radius 1 is 0.941 bits per heavy atom. The maximum Gasteiger partial charge on any atom is 0.123 e. The fourth-order valence-electron chi connectivity index (χ4n) is 1.62. The number of hydrogen-bond acceptors (Lipinski definition) is 2. The average Bonchev–Trinajstić information content (AvgIpc) is 2.88. The van der Waals surface area contributed by atoms with Crippen LogP contribution in [0.4, 0.5) is 4.39 Å². The Labute approximate surface area is 107 Å². The molecular formula is C14H9FS2. The maximum atomic E-state index is 12.7. The lowest BCUT2D eigenvalue weighted by molar-refractivity contribution is 0.628. The molecule has 17 heavy (non-hydrogen) atoms. The third-order valence-electron chi connectivity index (χ3n) is 2.47. The van der Waals surface area contributed by atoms with Crippen molar-refractivity contribution in [3.63, 3.8) is 0 Å². The Kier molecular flexibility index (Phi) is 2.79. The molecule has 0 saturated heterocycles. The third kappa shape index (κ3) is 2.30. The van der Waals surface area contributed by atoms with Gasteiger partial charge in [-0.3, -0.25) is 0 Å². The van der Waals surface area contributed by atoms with Crippen molar-refractivity contribution in [1.29, 1.82) is 0 Å². The van der Waals surface area contributed by atoms with Crippen LogP contribution < -0.4 is 0 Å². The van der Waals surface area contributed by atoms with Gasteiger partial charge in [0.15, 0.2) is 0 Å². The zero-order chi connectivity index (χ0) is 11.7. The molecule has 0 aliphatic carbocycles. The lowest BCUT2D eigenvalue weighted by Gasteiger charge is -1.91. The molecule has 3 aromatic rings. The van der Waals surface area contributed by atoms with Crippen LogP contribution in [0.25, 0.3) is 21.6 Å². The molecule has 0 spiro atoms. The molecular weight excluding hydrogens is 251 g/mol. The molecule has 0 amide bonds. The number of rotatable bonds is 2. The van der Waals surface area contributed by atoms with Crippen LogP contribution in [0.2, 0.25) is 0 Å². The summed E-state index contributed by atoms with van der Waals surface area (Å²) in [6, 6.07) is 10.8. The fraction of sp³-hybridized carbons (Fsp3) is 0. The number of thiophene rings is 2. The number of hydrogen-bond donors (Lipinski definition) is 0. The Hall–Kier alpha value is -1.45. The van der Waals surface area contributed by atoms with E-state index in [2.05, 4.69) is 23.6 Å². The normalized spacial score (nSPS) is 11.6. The van der Waals surface area contributed by atoms with E-state index in [1.165, 1.54) is 26.4 Å². The Morgan fingerprint density at radius 3 is 2.53 bits per heavy atom. The smallest absolute Gasteiger partial charge is 0.123 e. The first-order valence-corrected chi connectivity index (χ1v) is 6.91. The number of benzene rings is 1. The highest BCUT2D eigenvalue weighted by molar-refractivity contribution is 7.27.